The maximum absolute atomic E-state index is 10.6. The molecule has 0 saturated carbocycles. The van der Waals surface area contributed by atoms with Crippen LogP contribution in [0.15, 0.2) is 58.3 Å². The van der Waals surface area contributed by atoms with Crippen LogP contribution in [0.25, 0.3) is 22.0 Å². The Labute approximate surface area is 176 Å². The van der Waals surface area contributed by atoms with E-state index in [0.29, 0.717) is 17.0 Å². The Morgan fingerprint density at radius 1 is 1.27 bits per heavy atom. The molecule has 0 aliphatic heterocycles. The number of aryl methyl sites for hydroxylation is 1. The van der Waals surface area contributed by atoms with Crippen molar-refractivity contribution in [3.63, 3.8) is 0 Å². The zero-order valence-electron chi connectivity index (χ0n) is 17.9. The Morgan fingerprint density at radius 3 is 2.73 bits per heavy atom. The number of H-pyrrole nitrogens is 1. The molecule has 0 unspecified atom stereocenters. The second-order valence-electron chi connectivity index (χ2n) is 7.03. The molecular weight excluding hydrogens is 376 g/mol. The van der Waals surface area contributed by atoms with Crippen molar-refractivity contribution in [3.8, 4) is 22.8 Å². The van der Waals surface area contributed by atoms with Gasteiger partial charge < -0.3 is 20.6 Å². The van der Waals surface area contributed by atoms with E-state index in [1.54, 1.807) is 20.4 Å². The maximum atomic E-state index is 10.6. The van der Waals surface area contributed by atoms with Crippen LogP contribution in [0.2, 0.25) is 0 Å². The topological polar surface area (TPSA) is 96.0 Å². The predicted octanol–water partition coefficient (Wildman–Crippen LogP) is 4.81. The number of aliphatic imine (C=N–C) groups is 2. The van der Waals surface area contributed by atoms with Crippen molar-refractivity contribution in [1.82, 2.24) is 4.98 Å². The average molecular weight is 405 g/mol. The van der Waals surface area contributed by atoms with E-state index < -0.39 is 0 Å². The number of aromatic hydroxyl groups is 1. The monoisotopic (exact) mass is 404 g/mol. The lowest BCUT2D eigenvalue weighted by atomic mass is 9.94. The molecule has 0 fully saturated rings. The number of aromatic nitrogens is 1. The average Bonchev–Trinajstić information content (AvgIpc) is 3.08. The van der Waals surface area contributed by atoms with Crippen LogP contribution in [0.3, 0.4) is 0 Å². The van der Waals surface area contributed by atoms with E-state index in [0.717, 1.165) is 40.6 Å². The molecule has 0 saturated heterocycles. The van der Waals surface area contributed by atoms with Crippen LogP contribution in [0.5, 0.6) is 11.6 Å². The highest BCUT2D eigenvalue weighted by Gasteiger charge is 2.17. The third kappa shape index (κ3) is 4.08. The largest absolute Gasteiger partial charge is 0.496 e. The molecule has 156 valence electrons. The van der Waals surface area contributed by atoms with E-state index in [1.165, 1.54) is 11.8 Å². The number of hydrogen-bond acceptors (Lipinski definition) is 5. The quantitative estimate of drug-likeness (QED) is 0.493. The minimum absolute atomic E-state index is 0.0713. The van der Waals surface area contributed by atoms with Gasteiger partial charge in [0, 0.05) is 35.9 Å². The van der Waals surface area contributed by atoms with Crippen molar-refractivity contribution in [2.45, 2.75) is 26.7 Å². The molecule has 0 aliphatic carbocycles. The second kappa shape index (κ2) is 9.31. The van der Waals surface area contributed by atoms with Gasteiger partial charge in [-0.1, -0.05) is 31.5 Å². The number of aromatic amines is 1. The summed E-state index contributed by atoms with van der Waals surface area (Å²) in [6.45, 7) is 4.00. The normalized spacial score (nSPS) is 12.8. The molecule has 0 spiro atoms. The van der Waals surface area contributed by atoms with E-state index in [9.17, 15) is 5.11 Å². The predicted molar refractivity (Wildman–Crippen MR) is 125 cm³/mol. The standard InChI is InChI=1S/C24H28N4O2/c1-5-7-16-8-6-9-21(30-4)23(16)17-10-11-20-19(12-17)22(24(29)28-20)15(2)27-18(13-25)14-26-3/h6,8-14,28-29H,5,7,25H2,1-4H3/b18-13+,26-14?,27-15?. The van der Waals surface area contributed by atoms with Gasteiger partial charge in [0.2, 0.25) is 0 Å². The Morgan fingerprint density at radius 2 is 2.07 bits per heavy atom. The van der Waals surface area contributed by atoms with Crippen LogP contribution in [0, 0.1) is 0 Å². The first-order valence-corrected chi connectivity index (χ1v) is 9.94. The summed E-state index contributed by atoms with van der Waals surface area (Å²) < 4.78 is 5.66. The summed E-state index contributed by atoms with van der Waals surface area (Å²) in [4.78, 5) is 11.5. The van der Waals surface area contributed by atoms with Crippen LogP contribution in [-0.2, 0) is 6.42 Å². The molecule has 3 aromatic rings. The zero-order chi connectivity index (χ0) is 21.7. The highest BCUT2D eigenvalue weighted by molar-refractivity contribution is 6.13. The number of nitrogens with two attached hydrogens (primary N) is 1. The molecule has 1 aromatic heterocycles. The van der Waals surface area contributed by atoms with Crippen LogP contribution < -0.4 is 10.5 Å². The lowest BCUT2D eigenvalue weighted by Gasteiger charge is -2.14. The van der Waals surface area contributed by atoms with Gasteiger partial charge in [-0.05, 0) is 42.7 Å². The van der Waals surface area contributed by atoms with Gasteiger partial charge in [-0.2, -0.15) is 0 Å². The fourth-order valence-electron chi connectivity index (χ4n) is 3.74. The summed E-state index contributed by atoms with van der Waals surface area (Å²) in [6, 6.07) is 12.2. The molecule has 30 heavy (non-hydrogen) atoms. The zero-order valence-corrected chi connectivity index (χ0v) is 17.9. The van der Waals surface area contributed by atoms with Crippen molar-refractivity contribution in [2.24, 2.45) is 15.7 Å². The lowest BCUT2D eigenvalue weighted by molar-refractivity contribution is 0.416. The number of ether oxygens (including phenoxy) is 1. The molecule has 0 bridgehead atoms. The van der Waals surface area contributed by atoms with Gasteiger partial charge in [0.15, 0.2) is 5.88 Å². The summed E-state index contributed by atoms with van der Waals surface area (Å²) in [5.74, 6) is 0.904. The maximum Gasteiger partial charge on any atom is 0.198 e. The Balaban J connectivity index is 2.22. The van der Waals surface area contributed by atoms with Gasteiger partial charge in [-0.25, -0.2) is 4.99 Å². The molecule has 6 heteroatoms. The van der Waals surface area contributed by atoms with Crippen molar-refractivity contribution in [3.05, 3.63) is 59.4 Å². The van der Waals surface area contributed by atoms with E-state index in [1.807, 2.05) is 31.2 Å². The summed E-state index contributed by atoms with van der Waals surface area (Å²) in [5, 5.41) is 11.5. The first-order chi connectivity index (χ1) is 14.5. The fourth-order valence-corrected chi connectivity index (χ4v) is 3.74. The molecule has 6 nitrogen and oxygen atoms in total. The smallest absolute Gasteiger partial charge is 0.198 e. The van der Waals surface area contributed by atoms with Gasteiger partial charge >= 0.3 is 0 Å². The first-order valence-electron chi connectivity index (χ1n) is 9.94. The van der Waals surface area contributed by atoms with Crippen molar-refractivity contribution < 1.29 is 9.84 Å². The van der Waals surface area contributed by atoms with Crippen LogP contribution in [0.4, 0.5) is 0 Å². The van der Waals surface area contributed by atoms with Gasteiger partial charge in [-0.15, -0.1) is 0 Å². The number of hydrogen-bond donors (Lipinski definition) is 3. The number of fused-ring (bicyclic) bond motifs is 1. The molecule has 2 aromatic carbocycles. The van der Waals surface area contributed by atoms with Crippen molar-refractivity contribution in [2.75, 3.05) is 14.2 Å². The lowest BCUT2D eigenvalue weighted by Crippen LogP contribution is -1.98. The Kier molecular flexibility index (Phi) is 6.57. The van der Waals surface area contributed by atoms with Gasteiger partial charge in [0.05, 0.1) is 24.1 Å². The van der Waals surface area contributed by atoms with Crippen LogP contribution in [-0.4, -0.2) is 36.2 Å². The van der Waals surface area contributed by atoms with Gasteiger partial charge in [-0.3, -0.25) is 4.99 Å². The second-order valence-corrected chi connectivity index (χ2v) is 7.03. The summed E-state index contributed by atoms with van der Waals surface area (Å²) >= 11 is 0. The summed E-state index contributed by atoms with van der Waals surface area (Å²) in [5.41, 5.74) is 11.6. The molecule has 0 aliphatic rings. The summed E-state index contributed by atoms with van der Waals surface area (Å²) in [6.07, 6.45) is 4.96. The fraction of sp³-hybridized carbons (Fsp3) is 0.250. The van der Waals surface area contributed by atoms with E-state index in [-0.39, 0.29) is 5.88 Å². The molecule has 4 N–H and O–H groups in total. The van der Waals surface area contributed by atoms with Crippen molar-refractivity contribution >= 4 is 22.8 Å². The minimum atomic E-state index is 0.0713. The van der Waals surface area contributed by atoms with Crippen LogP contribution in [0.1, 0.15) is 31.4 Å². The highest BCUT2D eigenvalue weighted by atomic mass is 16.5. The van der Waals surface area contributed by atoms with Crippen LogP contribution >= 0.6 is 0 Å². The number of allylic oxidation sites excluding steroid dienone is 1. The molecular formula is C24H28N4O2. The number of nitrogens with zero attached hydrogens (tertiary/aromatic N) is 2. The molecule has 1 heterocycles. The molecule has 0 radical (unpaired) electrons. The molecule has 0 atom stereocenters. The minimum Gasteiger partial charge on any atom is -0.496 e. The van der Waals surface area contributed by atoms with Gasteiger partial charge in [0.1, 0.15) is 5.75 Å². The first kappa shape index (κ1) is 21.2. The number of methoxy groups -OCH3 is 1. The summed E-state index contributed by atoms with van der Waals surface area (Å²) in [7, 11) is 3.35. The third-order valence-electron chi connectivity index (χ3n) is 5.01. The highest BCUT2D eigenvalue weighted by Crippen LogP contribution is 2.38. The number of rotatable bonds is 7. The number of nitrogens with one attached hydrogen (secondary N) is 1. The molecule has 3 rings (SSSR count). The van der Waals surface area contributed by atoms with E-state index in [4.69, 9.17) is 10.5 Å². The Bertz CT molecular complexity index is 1140. The SMILES string of the molecule is CCCc1cccc(OC)c1-c1ccc2[nH]c(O)c(C(C)=N/C(C=NC)=C/N)c2c1. The van der Waals surface area contributed by atoms with E-state index >= 15 is 0 Å². The van der Waals surface area contributed by atoms with Gasteiger partial charge in [0.25, 0.3) is 0 Å². The Hall–Kier alpha value is -3.54. The molecule has 0 amide bonds. The van der Waals surface area contributed by atoms with E-state index in [2.05, 4.69) is 34.0 Å². The third-order valence-corrected chi connectivity index (χ3v) is 5.01. The number of benzene rings is 2. The van der Waals surface area contributed by atoms with Crippen molar-refractivity contribution in [1.29, 1.82) is 0 Å².